The Balaban J connectivity index is 0.000001000. The van der Waals surface area contributed by atoms with Crippen LogP contribution in [0.15, 0.2) is 51.1 Å². The van der Waals surface area contributed by atoms with Crippen molar-refractivity contribution in [3.63, 3.8) is 0 Å². The third-order valence-electron chi connectivity index (χ3n) is 22.9. The highest BCUT2D eigenvalue weighted by Gasteiger charge is 2.17. The second-order valence-electron chi connectivity index (χ2n) is 36.3. The summed E-state index contributed by atoms with van der Waals surface area (Å²) in [7, 11) is 1.97. The van der Waals surface area contributed by atoms with Gasteiger partial charge in [0.1, 0.15) is 0 Å². The van der Waals surface area contributed by atoms with Crippen LogP contribution in [0.5, 0.6) is 11.5 Å². The summed E-state index contributed by atoms with van der Waals surface area (Å²) in [4.78, 5) is 4.45. The van der Waals surface area contributed by atoms with Crippen molar-refractivity contribution in [2.75, 3.05) is 43.3 Å². The van der Waals surface area contributed by atoms with Gasteiger partial charge in [0.2, 0.25) is 0 Å². The molecule has 0 aliphatic carbocycles. The summed E-state index contributed by atoms with van der Waals surface area (Å²) in [5.41, 5.74) is 1.07. The number of benzene rings is 2. The van der Waals surface area contributed by atoms with E-state index in [2.05, 4.69) is 210 Å². The molecular weight excluding hydrogens is 1270 g/mol. The van der Waals surface area contributed by atoms with Crippen LogP contribution in [0.1, 0.15) is 395 Å². The number of hydrogen-bond acceptors (Lipinski definition) is 6. The molecule has 0 spiro atoms. The van der Waals surface area contributed by atoms with E-state index in [9.17, 15) is 0 Å². The first kappa shape index (κ1) is 96.9. The van der Waals surface area contributed by atoms with Crippen molar-refractivity contribution in [1.82, 2.24) is 0 Å². The molecule has 100 heavy (non-hydrogen) atoms. The number of ether oxygens (including phenoxy) is 2. The molecule has 0 aliphatic heterocycles. The monoisotopic (exact) mass is 1450 g/mol. The highest BCUT2D eigenvalue weighted by Crippen LogP contribution is 2.38. The second kappa shape index (κ2) is 62.9. The van der Waals surface area contributed by atoms with Crippen LogP contribution in [0.25, 0.3) is 0 Å². The van der Waals surface area contributed by atoms with Crippen molar-refractivity contribution in [2.45, 2.75) is 410 Å². The molecule has 12 atom stereocenters. The van der Waals surface area contributed by atoms with Gasteiger partial charge < -0.3 is 14.8 Å². The minimum atomic E-state index is 0.687. The fourth-order valence-electron chi connectivity index (χ4n) is 15.0. The van der Waals surface area contributed by atoms with Crippen LogP contribution < -0.4 is 14.8 Å². The molecule has 12 unspecified atom stereocenters. The van der Waals surface area contributed by atoms with Gasteiger partial charge in [-0.2, -0.15) is 0 Å². The maximum Gasteiger partial charge on any atom is 0.163 e. The van der Waals surface area contributed by atoms with E-state index in [1.807, 2.05) is 18.8 Å². The van der Waals surface area contributed by atoms with Crippen LogP contribution >= 0.6 is 35.3 Å². The zero-order valence-electron chi connectivity index (χ0n) is 71.4. The summed E-state index contributed by atoms with van der Waals surface area (Å²) in [6.07, 6.45) is 57.5. The van der Waals surface area contributed by atoms with E-state index in [0.717, 1.165) is 126 Å². The topological polar surface area (TPSA) is 30.5 Å². The molecule has 0 bridgehead atoms. The van der Waals surface area contributed by atoms with Gasteiger partial charge in [0.15, 0.2) is 11.5 Å². The van der Waals surface area contributed by atoms with Crippen molar-refractivity contribution >= 4 is 41.0 Å². The number of thioether (sulfide) groups is 3. The van der Waals surface area contributed by atoms with Gasteiger partial charge in [-0.3, -0.25) is 0 Å². The zero-order chi connectivity index (χ0) is 74.3. The fourth-order valence-corrected chi connectivity index (χ4v) is 18.1. The number of anilines is 1. The quantitative estimate of drug-likeness (QED) is 0.0664. The number of nitrogens with one attached hydrogen (secondary N) is 1. The van der Waals surface area contributed by atoms with Crippen LogP contribution in [-0.4, -0.2) is 38.0 Å². The lowest BCUT2D eigenvalue weighted by Gasteiger charge is -2.18. The van der Waals surface area contributed by atoms with Crippen molar-refractivity contribution in [2.24, 2.45) is 94.7 Å². The van der Waals surface area contributed by atoms with Crippen LogP contribution in [0.3, 0.4) is 0 Å². The van der Waals surface area contributed by atoms with Gasteiger partial charge in [-0.15, -0.1) is 35.3 Å². The molecule has 588 valence electrons. The lowest BCUT2D eigenvalue weighted by atomic mass is 9.91. The summed E-state index contributed by atoms with van der Waals surface area (Å²) in [5, 5.41) is 3.27. The molecule has 2 rings (SSSR count). The lowest BCUT2D eigenvalue weighted by molar-refractivity contribution is 0.237. The van der Waals surface area contributed by atoms with Crippen molar-refractivity contribution in [1.29, 1.82) is 0 Å². The van der Waals surface area contributed by atoms with Crippen molar-refractivity contribution in [3.05, 3.63) is 36.4 Å². The molecule has 0 aliphatic rings. The van der Waals surface area contributed by atoms with E-state index in [0.29, 0.717) is 11.8 Å². The molecule has 6 heteroatoms. The molecule has 0 saturated carbocycles. The van der Waals surface area contributed by atoms with E-state index < -0.39 is 0 Å². The third-order valence-corrected chi connectivity index (χ3v) is 26.0. The fraction of sp³-hybridized carbons (Fsp3) is 0.872. The van der Waals surface area contributed by atoms with Gasteiger partial charge in [0, 0.05) is 33.5 Å². The molecule has 0 radical (unpaired) electrons. The van der Waals surface area contributed by atoms with Crippen molar-refractivity contribution < 1.29 is 9.47 Å². The smallest absolute Gasteiger partial charge is 0.163 e. The van der Waals surface area contributed by atoms with E-state index in [4.69, 9.17) is 9.47 Å². The van der Waals surface area contributed by atoms with Crippen molar-refractivity contribution in [3.8, 4) is 11.5 Å². The van der Waals surface area contributed by atoms with E-state index in [1.165, 1.54) is 270 Å². The van der Waals surface area contributed by atoms with Gasteiger partial charge in [-0.25, -0.2) is 0 Å². The van der Waals surface area contributed by atoms with Gasteiger partial charge in [-0.05, 0) is 168 Å². The minimum absolute atomic E-state index is 0.687. The average Bonchev–Trinajstić information content (AvgIpc) is 0.873. The SMILES string of the molecule is CNc1ccc(OCCC(C)CCCC(C)CCCC(C)CCCC(C)C)c(OCCC(C)CCCC(C)CCCC(C)CCCC(C)C)c1.CSc1ccc(SCCC(C)CCCC(C)CCCC(C)CCCC(C)C)c(SCCC(C)CCCC(C)CCCC(C)CCCC(C)C)c1. The summed E-state index contributed by atoms with van der Waals surface area (Å²) in [5.74, 6) is 17.9. The standard InChI is InChI=1S/C47H89NO2.C47H88S3/c2*1-37(2)18-12-20-39(5)22-14-24-41(7)26-16-28-43(9)32-34-49-46-31-30-45(48-11)36-47(46)50-35-33-44(10)29-17-27-42(8)25-15-23-40(6)21-13-19-38(3)4/h30-31,36-44,48H,12-29,32-35H2,1-11H3;30-31,36-44H,12-29,32-35H2,1-11H3. The Morgan fingerprint density at radius 1 is 0.270 bits per heavy atom. The first-order valence-electron chi connectivity index (χ1n) is 43.8. The molecule has 3 nitrogen and oxygen atoms in total. The molecule has 0 aromatic heterocycles. The summed E-state index contributed by atoms with van der Waals surface area (Å²) < 4.78 is 12.7. The largest absolute Gasteiger partial charge is 0.490 e. The van der Waals surface area contributed by atoms with E-state index >= 15 is 0 Å². The maximum atomic E-state index is 6.35. The van der Waals surface area contributed by atoms with Crippen LogP contribution in [0.2, 0.25) is 0 Å². The number of hydrogen-bond donors (Lipinski definition) is 1. The first-order chi connectivity index (χ1) is 47.8. The molecule has 0 saturated heterocycles. The van der Waals surface area contributed by atoms with Crippen LogP contribution in [0, 0.1) is 94.7 Å². The molecule has 1 N–H and O–H groups in total. The molecule has 0 heterocycles. The van der Waals surface area contributed by atoms with Gasteiger partial charge in [-0.1, -0.05) is 370 Å². The molecule has 2 aromatic carbocycles. The Morgan fingerprint density at radius 2 is 0.520 bits per heavy atom. The summed E-state index contributed by atoms with van der Waals surface area (Å²) in [6, 6.07) is 13.5. The van der Waals surface area contributed by atoms with E-state index in [-0.39, 0.29) is 0 Å². The summed E-state index contributed by atoms with van der Waals surface area (Å²) in [6.45, 7) is 49.9. The highest BCUT2D eigenvalue weighted by molar-refractivity contribution is 8.02. The average molecular weight is 1450 g/mol. The second-order valence-corrected chi connectivity index (χ2v) is 39.4. The Kier molecular flexibility index (Phi) is 60.9. The molecular formula is C94H177NO2S3. The zero-order valence-corrected chi connectivity index (χ0v) is 73.8. The Morgan fingerprint density at radius 3 is 0.790 bits per heavy atom. The third kappa shape index (κ3) is 57.1. The van der Waals surface area contributed by atoms with Crippen LogP contribution in [0.4, 0.5) is 5.69 Å². The Bertz CT molecular complexity index is 1980. The highest BCUT2D eigenvalue weighted by atomic mass is 32.2. The number of rotatable bonds is 66. The molecule has 0 amide bonds. The first-order valence-corrected chi connectivity index (χ1v) is 47.0. The van der Waals surface area contributed by atoms with Crippen LogP contribution in [-0.2, 0) is 0 Å². The van der Waals surface area contributed by atoms with Gasteiger partial charge >= 0.3 is 0 Å². The van der Waals surface area contributed by atoms with Gasteiger partial charge in [0.05, 0.1) is 13.2 Å². The van der Waals surface area contributed by atoms with E-state index in [1.54, 1.807) is 0 Å². The predicted octanol–water partition coefficient (Wildman–Crippen LogP) is 32.9. The predicted molar refractivity (Wildman–Crippen MR) is 461 cm³/mol. The summed E-state index contributed by atoms with van der Waals surface area (Å²) >= 11 is 6.12. The normalized spacial score (nSPS) is 15.7. The Labute approximate surface area is 642 Å². The molecule has 2 aromatic rings. The molecule has 0 fully saturated rings. The Hall–Kier alpha value is -1.11. The maximum absolute atomic E-state index is 6.35. The lowest BCUT2D eigenvalue weighted by Crippen LogP contribution is -2.08. The minimum Gasteiger partial charge on any atom is -0.490 e. The van der Waals surface area contributed by atoms with Gasteiger partial charge in [0.25, 0.3) is 0 Å².